The number of furan rings is 1. The first kappa shape index (κ1) is 19.7. The topological polar surface area (TPSA) is 112 Å². The molecule has 11 heteroatoms. The van der Waals surface area contributed by atoms with Gasteiger partial charge in [-0.2, -0.15) is 4.31 Å². The minimum Gasteiger partial charge on any atom is -0.481 e. The number of halogens is 1. The molecule has 0 saturated heterocycles. The zero-order valence-electron chi connectivity index (χ0n) is 16.9. The second-order valence-electron chi connectivity index (χ2n) is 7.93. The highest BCUT2D eigenvalue weighted by Crippen LogP contribution is 2.46. The predicted molar refractivity (Wildman–Crippen MR) is 115 cm³/mol. The lowest BCUT2D eigenvalue weighted by atomic mass is 10.0. The number of ether oxygens (including phenoxy) is 1. The first-order chi connectivity index (χ1) is 15.4. The van der Waals surface area contributed by atoms with E-state index in [-0.39, 0.29) is 6.54 Å². The van der Waals surface area contributed by atoms with Crippen LogP contribution in [-0.4, -0.2) is 40.6 Å². The molecule has 0 radical (unpaired) electrons. The van der Waals surface area contributed by atoms with Crippen LogP contribution in [0.5, 0.6) is 5.75 Å². The molecule has 4 aromatic rings. The molecule has 1 atom stereocenters. The number of nitrogens with zero attached hydrogens (tertiary/aromatic N) is 4. The molecule has 0 fully saturated rings. The molecule has 2 aliphatic heterocycles. The van der Waals surface area contributed by atoms with Crippen LogP contribution >= 0.6 is 11.6 Å². The summed E-state index contributed by atoms with van der Waals surface area (Å²) < 4.78 is 43.1. The third-order valence-electron chi connectivity index (χ3n) is 5.89. The Morgan fingerprint density at radius 1 is 1.25 bits per heavy atom. The van der Waals surface area contributed by atoms with Gasteiger partial charge in [0.05, 0.1) is 18.2 Å². The van der Waals surface area contributed by atoms with Crippen molar-refractivity contribution >= 4 is 32.7 Å². The van der Waals surface area contributed by atoms with Crippen molar-refractivity contribution in [2.24, 2.45) is 0 Å². The molecule has 0 saturated carbocycles. The molecule has 0 bridgehead atoms. The number of benzene rings is 1. The Bertz CT molecular complexity index is 1480. The van der Waals surface area contributed by atoms with Gasteiger partial charge in [0, 0.05) is 53.7 Å². The lowest BCUT2D eigenvalue weighted by Crippen LogP contribution is -2.35. The summed E-state index contributed by atoms with van der Waals surface area (Å²) in [5.74, 6) is 1.18. The molecule has 0 N–H and O–H groups in total. The molecule has 164 valence electrons. The first-order valence-electron chi connectivity index (χ1n) is 9.98. The number of rotatable bonds is 3. The third-order valence-corrected chi connectivity index (χ3v) is 7.36. The van der Waals surface area contributed by atoms with E-state index in [1.807, 2.05) is 6.07 Å². The molecule has 0 unspecified atom stereocenters. The minimum atomic E-state index is -3.32. The molecule has 0 amide bonds. The van der Waals surface area contributed by atoms with Crippen molar-refractivity contribution in [1.82, 2.24) is 19.4 Å². The van der Waals surface area contributed by atoms with Crippen molar-refractivity contribution in [2.75, 3.05) is 12.8 Å². The first-order valence-corrected chi connectivity index (χ1v) is 12.2. The second-order valence-corrected chi connectivity index (χ2v) is 10.3. The van der Waals surface area contributed by atoms with Crippen molar-refractivity contribution in [3.63, 3.8) is 0 Å². The highest BCUT2D eigenvalue weighted by atomic mass is 35.5. The van der Waals surface area contributed by atoms with Gasteiger partial charge in [-0.15, -0.1) is 0 Å². The fourth-order valence-corrected chi connectivity index (χ4v) is 5.40. The molecule has 0 spiro atoms. The summed E-state index contributed by atoms with van der Waals surface area (Å²) >= 11 is 6.42. The van der Waals surface area contributed by atoms with Gasteiger partial charge in [0.25, 0.3) is 0 Å². The van der Waals surface area contributed by atoms with Gasteiger partial charge in [-0.3, -0.25) is 0 Å². The average Bonchev–Trinajstić information content (AvgIpc) is 3.48. The molecule has 9 nitrogen and oxygen atoms in total. The third kappa shape index (κ3) is 3.09. The van der Waals surface area contributed by atoms with E-state index in [4.69, 9.17) is 25.3 Å². The minimum absolute atomic E-state index is 0.218. The molecular weight excluding hydrogens is 456 g/mol. The van der Waals surface area contributed by atoms with E-state index in [0.29, 0.717) is 58.3 Å². The van der Waals surface area contributed by atoms with Crippen LogP contribution in [0.1, 0.15) is 28.7 Å². The fourth-order valence-electron chi connectivity index (χ4n) is 4.37. The predicted octanol–water partition coefficient (Wildman–Crippen LogP) is 3.53. The van der Waals surface area contributed by atoms with Gasteiger partial charge in [0.2, 0.25) is 10.0 Å². The Morgan fingerprint density at radius 2 is 2.12 bits per heavy atom. The van der Waals surface area contributed by atoms with E-state index in [1.54, 1.807) is 18.4 Å². The zero-order valence-corrected chi connectivity index (χ0v) is 18.5. The lowest BCUT2D eigenvalue weighted by Gasteiger charge is -2.24. The average molecular weight is 473 g/mol. The van der Waals surface area contributed by atoms with Gasteiger partial charge in [0.15, 0.2) is 17.4 Å². The van der Waals surface area contributed by atoms with Gasteiger partial charge in [-0.1, -0.05) is 16.8 Å². The van der Waals surface area contributed by atoms with E-state index in [2.05, 4.69) is 15.1 Å². The molecule has 1 aromatic carbocycles. The van der Waals surface area contributed by atoms with Crippen LogP contribution in [0.3, 0.4) is 0 Å². The van der Waals surface area contributed by atoms with Crippen molar-refractivity contribution in [3.8, 4) is 17.0 Å². The molecule has 32 heavy (non-hydrogen) atoms. The lowest BCUT2D eigenvalue weighted by molar-refractivity contribution is 0.188. The largest absolute Gasteiger partial charge is 0.481 e. The van der Waals surface area contributed by atoms with Crippen LogP contribution in [0.25, 0.3) is 22.4 Å². The SMILES string of the molecule is CS(=O)(=O)N1CCc2noc([C@H]3Cc4cc(Cl)cc(-c5ncnc6ccoc56)c4O3)c2C1. The number of aromatic nitrogens is 3. The zero-order chi connectivity index (χ0) is 22.0. The Kier molecular flexibility index (Phi) is 4.33. The Labute approximate surface area is 188 Å². The molecule has 6 rings (SSSR count). The maximum absolute atomic E-state index is 12.1. The Balaban J connectivity index is 1.40. The summed E-state index contributed by atoms with van der Waals surface area (Å²) in [4.78, 5) is 8.63. The Hall–Kier alpha value is -2.95. The summed E-state index contributed by atoms with van der Waals surface area (Å²) in [6.45, 7) is 0.603. The molecule has 5 heterocycles. The fraction of sp³-hybridized carbons (Fsp3) is 0.286. The Morgan fingerprint density at radius 3 is 2.97 bits per heavy atom. The number of fused-ring (bicyclic) bond motifs is 3. The van der Waals surface area contributed by atoms with E-state index >= 15 is 0 Å². The maximum atomic E-state index is 12.1. The van der Waals surface area contributed by atoms with Crippen molar-refractivity contribution in [3.05, 3.63) is 58.4 Å². The van der Waals surface area contributed by atoms with Crippen molar-refractivity contribution in [2.45, 2.75) is 25.5 Å². The summed E-state index contributed by atoms with van der Waals surface area (Å²) in [5, 5.41) is 4.72. The van der Waals surface area contributed by atoms with Gasteiger partial charge in [-0.05, 0) is 12.1 Å². The summed E-state index contributed by atoms with van der Waals surface area (Å²) in [5.41, 5.74) is 4.95. The van der Waals surface area contributed by atoms with Crippen LogP contribution < -0.4 is 4.74 Å². The number of hydrogen-bond acceptors (Lipinski definition) is 8. The van der Waals surface area contributed by atoms with Crippen molar-refractivity contribution < 1.29 is 22.1 Å². The smallest absolute Gasteiger partial charge is 0.211 e. The van der Waals surface area contributed by atoms with Gasteiger partial charge in [0.1, 0.15) is 23.3 Å². The van der Waals surface area contributed by atoms with E-state index < -0.39 is 16.1 Å². The number of sulfonamides is 1. The molecule has 3 aromatic heterocycles. The van der Waals surface area contributed by atoms with Crippen molar-refractivity contribution in [1.29, 1.82) is 0 Å². The molecule has 0 aliphatic carbocycles. The molecule has 2 aliphatic rings. The van der Waals surface area contributed by atoms with Gasteiger partial charge in [-0.25, -0.2) is 18.4 Å². The highest BCUT2D eigenvalue weighted by molar-refractivity contribution is 7.88. The van der Waals surface area contributed by atoms with Gasteiger partial charge < -0.3 is 13.7 Å². The standard InChI is InChI=1S/C21H17ClN4O5S/c1-32(27,28)26-4-2-15-14(9-26)20(31-25-15)17-7-11-6-12(22)8-13(19(11)30-17)18-21-16(3-5-29-21)23-10-24-18/h3,5-6,8,10,17H,2,4,7,9H2,1H3/t17-/m1/s1. The maximum Gasteiger partial charge on any atom is 0.211 e. The van der Waals surface area contributed by atoms with E-state index in [9.17, 15) is 8.42 Å². The van der Waals surface area contributed by atoms with Crippen LogP contribution in [0, 0.1) is 0 Å². The second kappa shape index (κ2) is 7.03. The van der Waals surface area contributed by atoms with E-state index in [0.717, 1.165) is 16.8 Å². The van der Waals surface area contributed by atoms with Crippen LogP contribution in [0.2, 0.25) is 5.02 Å². The van der Waals surface area contributed by atoms with Crippen LogP contribution in [-0.2, 0) is 29.4 Å². The van der Waals surface area contributed by atoms with Gasteiger partial charge >= 0.3 is 0 Å². The quantitative estimate of drug-likeness (QED) is 0.445. The molecular formula is C21H17ClN4O5S. The van der Waals surface area contributed by atoms with Crippen LogP contribution in [0.4, 0.5) is 0 Å². The normalized spacial score (nSPS) is 18.5. The van der Waals surface area contributed by atoms with E-state index in [1.165, 1.54) is 16.9 Å². The summed E-state index contributed by atoms with van der Waals surface area (Å²) in [6, 6.07) is 5.41. The number of hydrogen-bond donors (Lipinski definition) is 0. The highest BCUT2D eigenvalue weighted by Gasteiger charge is 2.37. The summed E-state index contributed by atoms with van der Waals surface area (Å²) in [7, 11) is -3.32. The van der Waals surface area contributed by atoms with Crippen LogP contribution in [0.15, 0.2) is 39.7 Å². The monoisotopic (exact) mass is 472 g/mol. The summed E-state index contributed by atoms with van der Waals surface area (Å²) in [6.07, 6.45) is 4.80.